The first-order valence-electron chi connectivity index (χ1n) is 7.46. The third-order valence-corrected chi connectivity index (χ3v) is 5.49. The van der Waals surface area contributed by atoms with Crippen LogP contribution in [0.5, 0.6) is 0 Å². The maximum atomic E-state index is 13.3. The first kappa shape index (κ1) is 16.4. The van der Waals surface area contributed by atoms with E-state index >= 15 is 0 Å². The van der Waals surface area contributed by atoms with Crippen LogP contribution in [-0.4, -0.2) is 21.4 Å². The van der Waals surface area contributed by atoms with Gasteiger partial charge >= 0.3 is 0 Å². The Labute approximate surface area is 140 Å². The van der Waals surface area contributed by atoms with E-state index in [0.717, 1.165) is 17.3 Å². The van der Waals surface area contributed by atoms with Gasteiger partial charge in [0.25, 0.3) is 10.0 Å². The Kier molecular flexibility index (Phi) is 4.04. The molecule has 0 unspecified atom stereocenters. The summed E-state index contributed by atoms with van der Waals surface area (Å²) in [6.07, 6.45) is 0.973. The van der Waals surface area contributed by atoms with E-state index in [1.807, 2.05) is 0 Å². The lowest BCUT2D eigenvalue weighted by Crippen LogP contribution is -2.31. The van der Waals surface area contributed by atoms with Crippen molar-refractivity contribution in [3.05, 3.63) is 53.3 Å². The van der Waals surface area contributed by atoms with Crippen LogP contribution < -0.4 is 9.62 Å². The summed E-state index contributed by atoms with van der Waals surface area (Å²) in [5.74, 6) is -0.409. The van der Waals surface area contributed by atoms with Crippen molar-refractivity contribution < 1.29 is 17.6 Å². The molecule has 2 aromatic rings. The van der Waals surface area contributed by atoms with Crippen molar-refractivity contribution in [2.75, 3.05) is 16.7 Å². The van der Waals surface area contributed by atoms with Crippen LogP contribution >= 0.6 is 0 Å². The molecule has 0 saturated carbocycles. The third-order valence-electron chi connectivity index (χ3n) is 4.12. The van der Waals surface area contributed by atoms with Crippen molar-refractivity contribution in [2.45, 2.75) is 24.7 Å². The van der Waals surface area contributed by atoms with Gasteiger partial charge in [0.1, 0.15) is 5.82 Å². The van der Waals surface area contributed by atoms with E-state index in [2.05, 4.69) is 4.72 Å². The minimum Gasteiger partial charge on any atom is -0.315 e. The number of nitrogens with one attached hydrogen (secondary N) is 1. The molecule has 0 spiro atoms. The van der Waals surface area contributed by atoms with Gasteiger partial charge < -0.3 is 4.90 Å². The molecule has 0 aliphatic carbocycles. The van der Waals surface area contributed by atoms with Gasteiger partial charge in [-0.15, -0.1) is 0 Å². The highest BCUT2D eigenvalue weighted by Gasteiger charge is 2.22. The molecule has 0 saturated heterocycles. The molecule has 1 N–H and O–H groups in total. The van der Waals surface area contributed by atoms with Gasteiger partial charge in [0.15, 0.2) is 0 Å². The molecular formula is C17H17FN2O3S. The summed E-state index contributed by atoms with van der Waals surface area (Å²) in [4.78, 5) is 13.3. The fourth-order valence-electron chi connectivity index (χ4n) is 2.72. The smallest absolute Gasteiger partial charge is 0.261 e. The number of nitrogens with zero attached hydrogens (tertiary/aromatic N) is 1. The molecule has 1 amide bonds. The molecule has 24 heavy (non-hydrogen) atoms. The molecule has 7 heteroatoms. The zero-order chi connectivity index (χ0) is 17.5. The van der Waals surface area contributed by atoms with Crippen LogP contribution in [0.3, 0.4) is 0 Å². The van der Waals surface area contributed by atoms with E-state index in [9.17, 15) is 17.6 Å². The number of fused-ring (bicyclic) bond motifs is 1. The number of halogens is 1. The average Bonchev–Trinajstić information content (AvgIpc) is 2.53. The summed E-state index contributed by atoms with van der Waals surface area (Å²) < 4.78 is 40.7. The predicted molar refractivity (Wildman–Crippen MR) is 90.1 cm³/mol. The fraction of sp³-hybridized carbons (Fsp3) is 0.235. The first-order valence-corrected chi connectivity index (χ1v) is 8.95. The first-order chi connectivity index (χ1) is 11.3. The predicted octanol–water partition coefficient (Wildman–Crippen LogP) is 2.84. The quantitative estimate of drug-likeness (QED) is 0.927. The van der Waals surface area contributed by atoms with Crippen LogP contribution in [0.25, 0.3) is 0 Å². The van der Waals surface area contributed by atoms with E-state index < -0.39 is 15.8 Å². The lowest BCUT2D eigenvalue weighted by molar-refractivity contribution is -0.118. The lowest BCUT2D eigenvalue weighted by Gasteiger charge is -2.26. The van der Waals surface area contributed by atoms with Crippen LogP contribution in [0.2, 0.25) is 0 Å². The van der Waals surface area contributed by atoms with E-state index in [1.54, 1.807) is 30.1 Å². The number of anilines is 2. The Morgan fingerprint density at radius 1 is 1.12 bits per heavy atom. The van der Waals surface area contributed by atoms with Gasteiger partial charge in [-0.3, -0.25) is 9.52 Å². The monoisotopic (exact) mass is 348 g/mol. The highest BCUT2D eigenvalue weighted by atomic mass is 32.2. The van der Waals surface area contributed by atoms with Crippen molar-refractivity contribution in [3.8, 4) is 0 Å². The Balaban J connectivity index is 1.90. The fourth-order valence-corrected chi connectivity index (χ4v) is 3.85. The number of hydrogen-bond donors (Lipinski definition) is 1. The highest BCUT2D eigenvalue weighted by molar-refractivity contribution is 7.92. The van der Waals surface area contributed by atoms with Gasteiger partial charge in [-0.2, -0.15) is 0 Å². The van der Waals surface area contributed by atoms with E-state index in [4.69, 9.17) is 0 Å². The number of aryl methyl sites for hydroxylation is 2. The zero-order valence-corrected chi connectivity index (χ0v) is 14.2. The second-order valence-electron chi connectivity index (χ2n) is 5.81. The number of carbonyl (C=O) groups excluding carboxylic acids is 1. The molecule has 5 nitrogen and oxygen atoms in total. The topological polar surface area (TPSA) is 66.5 Å². The second kappa shape index (κ2) is 5.90. The molecule has 3 rings (SSSR count). The molecular weight excluding hydrogens is 331 g/mol. The number of sulfonamides is 1. The van der Waals surface area contributed by atoms with Crippen molar-refractivity contribution >= 4 is 27.3 Å². The second-order valence-corrected chi connectivity index (χ2v) is 7.50. The molecule has 2 aromatic carbocycles. The number of amides is 1. The minimum absolute atomic E-state index is 0.00594. The van der Waals surface area contributed by atoms with Gasteiger partial charge in [0, 0.05) is 24.8 Å². The van der Waals surface area contributed by atoms with Crippen molar-refractivity contribution in [3.63, 3.8) is 0 Å². The average molecular weight is 348 g/mol. The molecule has 0 aromatic heterocycles. The largest absolute Gasteiger partial charge is 0.315 e. The Hall–Kier alpha value is -2.41. The Morgan fingerprint density at radius 3 is 2.58 bits per heavy atom. The summed E-state index contributed by atoms with van der Waals surface area (Å²) in [5, 5.41) is 0. The standard InChI is InChI=1S/C17H17FN2O3S/c1-11-9-14(5-6-15(11)18)24(22,23)19-13-4-7-16-12(10-13)3-8-17(21)20(16)2/h4-7,9-10,19H,3,8H2,1-2H3. The van der Waals surface area contributed by atoms with Gasteiger partial charge in [0.2, 0.25) is 5.91 Å². The molecule has 0 fully saturated rings. The van der Waals surface area contributed by atoms with Crippen LogP contribution in [0.1, 0.15) is 17.5 Å². The van der Waals surface area contributed by atoms with E-state index in [1.165, 1.54) is 19.1 Å². The van der Waals surface area contributed by atoms with Crippen LogP contribution in [-0.2, 0) is 21.2 Å². The summed E-state index contributed by atoms with van der Waals surface area (Å²) in [5.41, 5.74) is 2.38. The number of hydrogen-bond acceptors (Lipinski definition) is 3. The van der Waals surface area contributed by atoms with E-state index in [0.29, 0.717) is 18.5 Å². The van der Waals surface area contributed by atoms with Crippen LogP contribution in [0, 0.1) is 12.7 Å². The SMILES string of the molecule is Cc1cc(S(=O)(=O)Nc2ccc3c(c2)CCC(=O)N3C)ccc1F. The molecule has 1 aliphatic rings. The number of benzene rings is 2. The van der Waals surface area contributed by atoms with Crippen molar-refractivity contribution in [1.29, 1.82) is 0 Å². The molecule has 0 bridgehead atoms. The molecule has 0 radical (unpaired) electrons. The maximum absolute atomic E-state index is 13.3. The molecule has 1 aliphatic heterocycles. The summed E-state index contributed by atoms with van der Waals surface area (Å²) >= 11 is 0. The maximum Gasteiger partial charge on any atom is 0.261 e. The summed E-state index contributed by atoms with van der Waals surface area (Å²) in [6.45, 7) is 1.51. The lowest BCUT2D eigenvalue weighted by atomic mass is 10.0. The Morgan fingerprint density at radius 2 is 1.88 bits per heavy atom. The van der Waals surface area contributed by atoms with Crippen molar-refractivity contribution in [2.24, 2.45) is 0 Å². The van der Waals surface area contributed by atoms with Crippen molar-refractivity contribution in [1.82, 2.24) is 0 Å². The van der Waals surface area contributed by atoms with Gasteiger partial charge in [-0.1, -0.05) is 0 Å². The van der Waals surface area contributed by atoms with Gasteiger partial charge in [0.05, 0.1) is 4.90 Å². The zero-order valence-electron chi connectivity index (χ0n) is 13.3. The summed E-state index contributed by atoms with van der Waals surface area (Å²) in [6, 6.07) is 8.73. The number of rotatable bonds is 3. The number of carbonyl (C=O) groups is 1. The van der Waals surface area contributed by atoms with Crippen LogP contribution in [0.4, 0.5) is 15.8 Å². The summed E-state index contributed by atoms with van der Waals surface area (Å²) in [7, 11) is -2.10. The molecule has 0 atom stereocenters. The normalized spacial score (nSPS) is 14.5. The minimum atomic E-state index is -3.80. The molecule has 126 valence electrons. The van der Waals surface area contributed by atoms with Gasteiger partial charge in [-0.05, 0) is 60.9 Å². The third kappa shape index (κ3) is 2.99. The highest BCUT2D eigenvalue weighted by Crippen LogP contribution is 2.30. The van der Waals surface area contributed by atoms with Gasteiger partial charge in [-0.25, -0.2) is 12.8 Å². The molecule has 1 heterocycles. The Bertz CT molecular complexity index is 925. The van der Waals surface area contributed by atoms with E-state index in [-0.39, 0.29) is 16.4 Å². The van der Waals surface area contributed by atoms with Crippen LogP contribution in [0.15, 0.2) is 41.3 Å².